The van der Waals surface area contributed by atoms with E-state index in [1.807, 2.05) is 12.1 Å². The summed E-state index contributed by atoms with van der Waals surface area (Å²) in [4.78, 5) is 0. The van der Waals surface area contributed by atoms with Crippen molar-refractivity contribution in [1.82, 2.24) is 14.8 Å². The molecule has 6 heteroatoms. The molecule has 1 heterocycles. The maximum Gasteiger partial charge on any atom is 0.199 e. The second-order valence-electron chi connectivity index (χ2n) is 2.63. The van der Waals surface area contributed by atoms with Gasteiger partial charge in [0.05, 0.1) is 10.7 Å². The van der Waals surface area contributed by atoms with E-state index in [-0.39, 0.29) is 0 Å². The van der Waals surface area contributed by atoms with E-state index in [2.05, 4.69) is 26.1 Å². The molecule has 0 spiro atoms. The molecule has 3 nitrogen and oxygen atoms in total. The van der Waals surface area contributed by atoms with E-state index in [4.69, 9.17) is 23.8 Å². The highest BCUT2D eigenvalue weighted by Gasteiger charge is 2.04. The fourth-order valence-electron chi connectivity index (χ4n) is 1.09. The molecule has 0 fully saturated rings. The molecular weight excluding hydrogens is 286 g/mol. The van der Waals surface area contributed by atoms with E-state index < -0.39 is 0 Å². The third kappa shape index (κ3) is 1.75. The van der Waals surface area contributed by atoms with E-state index in [0.717, 1.165) is 10.2 Å². The standard InChI is InChI=1S/C8H5BrClN3S/c9-5-1-2-6(10)7(3-5)13-4-11-12-8(13)14/h1-4H,(H,12,14). The summed E-state index contributed by atoms with van der Waals surface area (Å²) in [6.07, 6.45) is 1.59. The highest BCUT2D eigenvalue weighted by atomic mass is 79.9. The molecule has 1 N–H and O–H groups in total. The zero-order valence-corrected chi connectivity index (χ0v) is 10.0. The normalized spacial score (nSPS) is 10.4. The van der Waals surface area contributed by atoms with Crippen LogP contribution in [0.15, 0.2) is 29.0 Å². The average Bonchev–Trinajstić information content (AvgIpc) is 2.56. The topological polar surface area (TPSA) is 33.6 Å². The van der Waals surface area contributed by atoms with Gasteiger partial charge in [-0.05, 0) is 30.4 Å². The van der Waals surface area contributed by atoms with Crippen molar-refractivity contribution < 1.29 is 0 Å². The molecule has 0 aliphatic carbocycles. The van der Waals surface area contributed by atoms with Crippen molar-refractivity contribution in [3.63, 3.8) is 0 Å². The van der Waals surface area contributed by atoms with E-state index >= 15 is 0 Å². The number of hydrogen-bond acceptors (Lipinski definition) is 2. The van der Waals surface area contributed by atoms with E-state index in [9.17, 15) is 0 Å². The third-order valence-corrected chi connectivity index (χ3v) is 2.82. The lowest BCUT2D eigenvalue weighted by Crippen LogP contribution is -1.93. The Hall–Kier alpha value is -0.650. The zero-order valence-electron chi connectivity index (χ0n) is 6.87. The van der Waals surface area contributed by atoms with Crippen molar-refractivity contribution in [2.75, 3.05) is 0 Å². The van der Waals surface area contributed by atoms with Gasteiger partial charge in [-0.1, -0.05) is 27.5 Å². The van der Waals surface area contributed by atoms with Crippen LogP contribution in [0.5, 0.6) is 0 Å². The van der Waals surface area contributed by atoms with Crippen LogP contribution in [0.2, 0.25) is 5.02 Å². The largest absolute Gasteiger partial charge is 0.273 e. The molecule has 0 unspecified atom stereocenters. The number of aromatic amines is 1. The Balaban J connectivity index is 2.68. The van der Waals surface area contributed by atoms with Crippen molar-refractivity contribution in [2.45, 2.75) is 0 Å². The predicted molar refractivity (Wildman–Crippen MR) is 61.5 cm³/mol. The third-order valence-electron chi connectivity index (χ3n) is 1.72. The number of H-pyrrole nitrogens is 1. The molecule has 14 heavy (non-hydrogen) atoms. The number of hydrogen-bond donors (Lipinski definition) is 1. The second-order valence-corrected chi connectivity index (χ2v) is 4.34. The average molecular weight is 291 g/mol. The van der Waals surface area contributed by atoms with Crippen molar-refractivity contribution in [2.24, 2.45) is 0 Å². The minimum absolute atomic E-state index is 0.519. The van der Waals surface area contributed by atoms with Crippen molar-refractivity contribution in [1.29, 1.82) is 0 Å². The molecule has 2 aromatic rings. The van der Waals surface area contributed by atoms with Crippen LogP contribution in [0.3, 0.4) is 0 Å². The molecule has 2 rings (SSSR count). The summed E-state index contributed by atoms with van der Waals surface area (Å²) >= 11 is 14.4. The van der Waals surface area contributed by atoms with Gasteiger partial charge in [-0.3, -0.25) is 9.67 Å². The number of benzene rings is 1. The fraction of sp³-hybridized carbons (Fsp3) is 0. The van der Waals surface area contributed by atoms with Crippen LogP contribution in [0.25, 0.3) is 5.69 Å². The first-order valence-electron chi connectivity index (χ1n) is 3.76. The Morgan fingerprint density at radius 1 is 1.50 bits per heavy atom. The Morgan fingerprint density at radius 3 is 2.93 bits per heavy atom. The Bertz CT molecular complexity index is 519. The molecule has 0 aliphatic heterocycles. The lowest BCUT2D eigenvalue weighted by atomic mass is 10.3. The Labute approximate surface area is 98.8 Å². The van der Waals surface area contributed by atoms with Gasteiger partial charge < -0.3 is 0 Å². The van der Waals surface area contributed by atoms with Crippen LogP contribution in [0.4, 0.5) is 0 Å². The lowest BCUT2D eigenvalue weighted by Gasteiger charge is -2.04. The van der Waals surface area contributed by atoms with Crippen molar-refractivity contribution >= 4 is 39.7 Å². The van der Waals surface area contributed by atoms with Crippen LogP contribution in [-0.4, -0.2) is 14.8 Å². The first kappa shape index (κ1) is 9.89. The summed E-state index contributed by atoms with van der Waals surface area (Å²) in [5.74, 6) is 0. The summed E-state index contributed by atoms with van der Waals surface area (Å²) in [6, 6.07) is 5.55. The maximum absolute atomic E-state index is 6.03. The SMILES string of the molecule is S=c1[nH]ncn1-c1cc(Br)ccc1Cl. The minimum atomic E-state index is 0.519. The molecule has 0 radical (unpaired) electrons. The Kier molecular flexibility index (Phi) is 2.71. The number of nitrogens with zero attached hydrogens (tertiary/aromatic N) is 2. The smallest absolute Gasteiger partial charge is 0.199 e. The molecule has 1 aromatic carbocycles. The lowest BCUT2D eigenvalue weighted by molar-refractivity contribution is 1.03. The van der Waals surface area contributed by atoms with Gasteiger partial charge in [0, 0.05) is 4.47 Å². The zero-order chi connectivity index (χ0) is 10.1. The van der Waals surface area contributed by atoms with Gasteiger partial charge >= 0.3 is 0 Å². The van der Waals surface area contributed by atoms with Crippen molar-refractivity contribution in [3.8, 4) is 5.69 Å². The Morgan fingerprint density at radius 2 is 2.29 bits per heavy atom. The number of aromatic nitrogens is 3. The monoisotopic (exact) mass is 289 g/mol. The maximum atomic E-state index is 6.03. The van der Waals surface area contributed by atoms with Crippen LogP contribution >= 0.6 is 39.7 Å². The van der Waals surface area contributed by atoms with Crippen LogP contribution in [-0.2, 0) is 0 Å². The summed E-state index contributed by atoms with van der Waals surface area (Å²) in [5, 5.41) is 7.13. The molecule has 0 aliphatic rings. The molecule has 1 aromatic heterocycles. The highest BCUT2D eigenvalue weighted by molar-refractivity contribution is 9.10. The second kappa shape index (κ2) is 3.84. The predicted octanol–water partition coefficient (Wildman–Crippen LogP) is 3.35. The summed E-state index contributed by atoms with van der Waals surface area (Å²) in [5.41, 5.74) is 0.805. The van der Waals surface area contributed by atoms with E-state index in [1.165, 1.54) is 0 Å². The number of halogens is 2. The highest BCUT2D eigenvalue weighted by Crippen LogP contribution is 2.24. The molecular formula is C8H5BrClN3S. The van der Waals surface area contributed by atoms with Gasteiger partial charge in [0.25, 0.3) is 0 Å². The van der Waals surface area contributed by atoms with E-state index in [0.29, 0.717) is 9.79 Å². The first-order valence-corrected chi connectivity index (χ1v) is 5.34. The summed E-state index contributed by atoms with van der Waals surface area (Å²) in [6.45, 7) is 0. The van der Waals surface area contributed by atoms with Crippen molar-refractivity contribution in [3.05, 3.63) is 38.8 Å². The van der Waals surface area contributed by atoms with Gasteiger partial charge in [0.2, 0.25) is 0 Å². The molecule has 0 saturated heterocycles. The van der Waals surface area contributed by atoms with Gasteiger partial charge in [-0.25, -0.2) is 0 Å². The van der Waals surface area contributed by atoms with Crippen LogP contribution in [0.1, 0.15) is 0 Å². The first-order chi connectivity index (χ1) is 6.68. The van der Waals surface area contributed by atoms with Gasteiger partial charge in [-0.2, -0.15) is 5.10 Å². The quantitative estimate of drug-likeness (QED) is 0.817. The van der Waals surface area contributed by atoms with Gasteiger partial charge in [0.1, 0.15) is 6.33 Å². The molecule has 0 saturated carbocycles. The molecule has 0 atom stereocenters. The fourth-order valence-corrected chi connectivity index (χ4v) is 1.85. The van der Waals surface area contributed by atoms with Crippen LogP contribution < -0.4 is 0 Å². The number of nitrogens with one attached hydrogen (secondary N) is 1. The van der Waals surface area contributed by atoms with Gasteiger partial charge in [-0.15, -0.1) is 0 Å². The molecule has 0 bridgehead atoms. The molecule has 0 amide bonds. The van der Waals surface area contributed by atoms with Gasteiger partial charge in [0.15, 0.2) is 4.77 Å². The molecule has 72 valence electrons. The van der Waals surface area contributed by atoms with Crippen LogP contribution in [0, 0.1) is 4.77 Å². The van der Waals surface area contributed by atoms with E-state index in [1.54, 1.807) is 17.0 Å². The summed E-state index contributed by atoms with van der Waals surface area (Å²) < 4.78 is 3.17. The minimum Gasteiger partial charge on any atom is -0.273 e. The summed E-state index contributed by atoms with van der Waals surface area (Å²) in [7, 11) is 0. The number of rotatable bonds is 1.